The van der Waals surface area contributed by atoms with Gasteiger partial charge in [0.15, 0.2) is 0 Å². The van der Waals surface area contributed by atoms with E-state index in [9.17, 15) is 14.7 Å². The van der Waals surface area contributed by atoms with Crippen molar-refractivity contribution in [3.05, 3.63) is 0 Å². The number of carboxylic acid groups (broad SMARTS) is 1. The third-order valence-corrected chi connectivity index (χ3v) is 4.82. The molecule has 2 atom stereocenters. The predicted octanol–water partition coefficient (Wildman–Crippen LogP) is 1.53. The quantitative estimate of drug-likeness (QED) is 0.730. The normalized spacial score (nSPS) is 29.6. The first-order chi connectivity index (χ1) is 9.53. The van der Waals surface area contributed by atoms with Gasteiger partial charge in [0.2, 0.25) is 5.91 Å². The van der Waals surface area contributed by atoms with Crippen molar-refractivity contribution in [2.45, 2.75) is 57.9 Å². The second-order valence-corrected chi connectivity index (χ2v) is 6.53. The number of carbonyl (C=O) groups excluding carboxylic acids is 1. The number of piperidine rings is 1. The fourth-order valence-corrected chi connectivity index (χ4v) is 3.41. The monoisotopic (exact) mass is 282 g/mol. The number of aliphatic carboxylic acids is 1. The van der Waals surface area contributed by atoms with Crippen molar-refractivity contribution in [3.63, 3.8) is 0 Å². The van der Waals surface area contributed by atoms with Gasteiger partial charge >= 0.3 is 5.97 Å². The van der Waals surface area contributed by atoms with Crippen LogP contribution >= 0.6 is 0 Å². The van der Waals surface area contributed by atoms with Gasteiger partial charge in [0.25, 0.3) is 0 Å². The largest absolute Gasteiger partial charge is 0.480 e. The number of carboxylic acids is 1. The summed E-state index contributed by atoms with van der Waals surface area (Å²) in [6.07, 6.45) is 6.93. The van der Waals surface area contributed by atoms with Crippen molar-refractivity contribution in [2.75, 3.05) is 13.1 Å². The average Bonchev–Trinajstić information content (AvgIpc) is 2.45. The zero-order valence-corrected chi connectivity index (χ0v) is 12.3. The highest BCUT2D eigenvalue weighted by molar-refractivity contribution is 5.87. The van der Waals surface area contributed by atoms with Crippen molar-refractivity contribution < 1.29 is 14.7 Å². The predicted molar refractivity (Wildman–Crippen MR) is 76.4 cm³/mol. The van der Waals surface area contributed by atoms with Crippen LogP contribution in [0.25, 0.3) is 0 Å². The fraction of sp³-hybridized carbons (Fsp3) is 0.867. The Balaban J connectivity index is 1.99. The molecular formula is C15H26N2O3. The molecule has 114 valence electrons. The minimum atomic E-state index is -0.891. The molecule has 0 radical (unpaired) electrons. The molecule has 20 heavy (non-hydrogen) atoms. The van der Waals surface area contributed by atoms with Crippen molar-refractivity contribution in [2.24, 2.45) is 11.3 Å². The van der Waals surface area contributed by atoms with Crippen LogP contribution in [0.15, 0.2) is 0 Å². The summed E-state index contributed by atoms with van der Waals surface area (Å²) in [5.41, 5.74) is -0.472. The molecule has 5 nitrogen and oxygen atoms in total. The zero-order chi connectivity index (χ0) is 14.6. The molecule has 1 aliphatic carbocycles. The number of carbonyl (C=O) groups is 2. The first kappa shape index (κ1) is 15.3. The summed E-state index contributed by atoms with van der Waals surface area (Å²) >= 11 is 0. The Bertz CT molecular complexity index is 358. The first-order valence-electron chi connectivity index (χ1n) is 7.77. The second-order valence-electron chi connectivity index (χ2n) is 6.53. The summed E-state index contributed by atoms with van der Waals surface area (Å²) in [5, 5.41) is 15.5. The van der Waals surface area contributed by atoms with Gasteiger partial charge in [0.1, 0.15) is 6.04 Å². The molecule has 2 aliphatic rings. The summed E-state index contributed by atoms with van der Waals surface area (Å²) in [7, 11) is 0. The lowest BCUT2D eigenvalue weighted by molar-refractivity contribution is -0.146. The van der Waals surface area contributed by atoms with E-state index < -0.39 is 17.4 Å². The van der Waals surface area contributed by atoms with Crippen molar-refractivity contribution in [1.82, 2.24) is 10.6 Å². The molecule has 2 fully saturated rings. The van der Waals surface area contributed by atoms with Crippen LogP contribution in [0.1, 0.15) is 51.9 Å². The molecule has 2 rings (SSSR count). The molecular weight excluding hydrogens is 256 g/mol. The summed E-state index contributed by atoms with van der Waals surface area (Å²) in [5.74, 6) is -0.911. The van der Waals surface area contributed by atoms with Crippen LogP contribution in [0.2, 0.25) is 0 Å². The Morgan fingerprint density at radius 1 is 1.25 bits per heavy atom. The van der Waals surface area contributed by atoms with E-state index in [4.69, 9.17) is 0 Å². The molecule has 0 aromatic carbocycles. The van der Waals surface area contributed by atoms with Gasteiger partial charge in [-0.05, 0) is 45.1 Å². The van der Waals surface area contributed by atoms with E-state index in [1.54, 1.807) is 0 Å². The number of nitrogens with one attached hydrogen (secondary N) is 2. The molecule has 1 aliphatic heterocycles. The van der Waals surface area contributed by atoms with Crippen molar-refractivity contribution >= 4 is 11.9 Å². The van der Waals surface area contributed by atoms with E-state index in [2.05, 4.69) is 10.6 Å². The lowest BCUT2D eigenvalue weighted by Crippen LogP contribution is -2.55. The lowest BCUT2D eigenvalue weighted by atomic mass is 9.80. The molecule has 0 aromatic heterocycles. The van der Waals surface area contributed by atoms with Crippen LogP contribution < -0.4 is 10.6 Å². The van der Waals surface area contributed by atoms with Gasteiger partial charge in [0.05, 0.1) is 5.41 Å². The molecule has 1 amide bonds. The Morgan fingerprint density at radius 3 is 2.50 bits per heavy atom. The molecule has 0 spiro atoms. The van der Waals surface area contributed by atoms with Crippen LogP contribution in [0.4, 0.5) is 0 Å². The van der Waals surface area contributed by atoms with Crippen molar-refractivity contribution in [1.29, 1.82) is 0 Å². The maximum absolute atomic E-state index is 12.5. The summed E-state index contributed by atoms with van der Waals surface area (Å²) in [6, 6.07) is -0.721. The van der Waals surface area contributed by atoms with Gasteiger partial charge in [-0.3, -0.25) is 4.79 Å². The Kier molecular flexibility index (Phi) is 5.02. The molecule has 1 saturated heterocycles. The third-order valence-electron chi connectivity index (χ3n) is 4.82. The van der Waals surface area contributed by atoms with E-state index in [1.165, 1.54) is 6.42 Å². The summed E-state index contributed by atoms with van der Waals surface area (Å²) < 4.78 is 0. The number of hydrogen-bond donors (Lipinski definition) is 3. The van der Waals surface area contributed by atoms with Crippen LogP contribution in [0.5, 0.6) is 0 Å². The van der Waals surface area contributed by atoms with Gasteiger partial charge in [0, 0.05) is 6.54 Å². The molecule has 3 N–H and O–H groups in total. The van der Waals surface area contributed by atoms with E-state index in [0.29, 0.717) is 6.54 Å². The molecule has 0 aromatic rings. The zero-order valence-electron chi connectivity index (χ0n) is 12.3. The minimum absolute atomic E-state index is 0.0883. The van der Waals surface area contributed by atoms with E-state index in [0.717, 1.165) is 45.1 Å². The van der Waals surface area contributed by atoms with Crippen molar-refractivity contribution in [3.8, 4) is 0 Å². The molecule has 1 heterocycles. The number of hydrogen-bond acceptors (Lipinski definition) is 3. The highest BCUT2D eigenvalue weighted by Crippen LogP contribution is 2.29. The highest BCUT2D eigenvalue weighted by atomic mass is 16.4. The maximum Gasteiger partial charge on any atom is 0.326 e. The van der Waals surface area contributed by atoms with Gasteiger partial charge in [-0.2, -0.15) is 0 Å². The van der Waals surface area contributed by atoms with Gasteiger partial charge in [-0.25, -0.2) is 4.79 Å². The first-order valence-corrected chi connectivity index (χ1v) is 7.77. The standard InChI is InChI=1S/C15H26N2O3/c1-15(8-5-9-16-10-15)14(20)17-12(13(18)19)11-6-3-2-4-7-11/h11-12,16H,2-10H2,1H3,(H,17,20)(H,18,19). The fourth-order valence-electron chi connectivity index (χ4n) is 3.41. The maximum atomic E-state index is 12.5. The van der Waals surface area contributed by atoms with Crippen LogP contribution in [-0.2, 0) is 9.59 Å². The topological polar surface area (TPSA) is 78.4 Å². The molecule has 2 unspecified atom stereocenters. The number of amides is 1. The lowest BCUT2D eigenvalue weighted by Gasteiger charge is -2.35. The third kappa shape index (κ3) is 3.51. The Hall–Kier alpha value is -1.10. The van der Waals surface area contributed by atoms with Crippen LogP contribution in [0, 0.1) is 11.3 Å². The smallest absolute Gasteiger partial charge is 0.326 e. The average molecular weight is 282 g/mol. The van der Waals surface area contributed by atoms with Gasteiger partial charge in [-0.15, -0.1) is 0 Å². The van der Waals surface area contributed by atoms with Gasteiger partial charge in [-0.1, -0.05) is 19.3 Å². The second kappa shape index (κ2) is 6.57. The van der Waals surface area contributed by atoms with E-state index in [1.807, 2.05) is 6.92 Å². The SMILES string of the molecule is CC1(C(=O)NC(C(=O)O)C2CCCCC2)CCCNC1. The van der Waals surface area contributed by atoms with E-state index >= 15 is 0 Å². The summed E-state index contributed by atoms with van der Waals surface area (Å²) in [4.78, 5) is 24.0. The van der Waals surface area contributed by atoms with Crippen LogP contribution in [-0.4, -0.2) is 36.1 Å². The Labute approximate surface area is 120 Å². The van der Waals surface area contributed by atoms with E-state index in [-0.39, 0.29) is 11.8 Å². The minimum Gasteiger partial charge on any atom is -0.480 e. The Morgan fingerprint density at radius 2 is 1.95 bits per heavy atom. The summed E-state index contributed by atoms with van der Waals surface area (Å²) in [6.45, 7) is 3.50. The van der Waals surface area contributed by atoms with Crippen LogP contribution in [0.3, 0.4) is 0 Å². The van der Waals surface area contributed by atoms with Gasteiger partial charge < -0.3 is 15.7 Å². The molecule has 0 bridgehead atoms. The number of rotatable bonds is 4. The molecule has 1 saturated carbocycles. The molecule has 5 heteroatoms. The highest BCUT2D eigenvalue weighted by Gasteiger charge is 2.38.